The lowest BCUT2D eigenvalue weighted by molar-refractivity contribution is -0.193. The first kappa shape index (κ1) is 104. The lowest BCUT2D eigenvalue weighted by Gasteiger charge is -2.33. The molecule has 12 unspecified atom stereocenters. The average Bonchev–Trinajstić information content (AvgIpc) is 1.61. The van der Waals surface area contributed by atoms with E-state index in [-0.39, 0.29) is 54.8 Å². The highest BCUT2D eigenvalue weighted by atomic mass is 35.5. The number of anilines is 4. The molecule has 0 spiro atoms. The highest BCUT2D eigenvalue weighted by Gasteiger charge is 2.52. The second kappa shape index (κ2) is 45.9. The number of halogens is 7. The standard InChI is InChI=1S/C28H26Cl2N2OS.C28H28ClN3O2S.C27H24Cl2N2O2S.C27H25ClFN3O2S.4CO2/c29-21-4-3-5-22(30)27(21)19-11-10-18(17-8-9-17)20(19)15-33-25-13-16-12-24(25)32(14-16)28-31-23-6-1-2-7-26(23)34-28;1-15-5-3-7-21(29)24(15)26-20(27(34-31-26)17-9-10-17)14-33-22-12-19-11-18(22)13-32(19)28-30-25-16(2)6-4-8-23(25)35-28;28-19-4-3-5-20(29)25(19)17-13-33-26(16-8-9-16)18(17)14-32-23-11-15-10-22(23)31(12-15)27-30-21-6-1-2-7-24(21)34-27;1-14-4-2-5-19(28)23(14)24-18(26(34-31-24)15-8-9-15)13-33-21-11-17-10-16(21)12-32(17)27-30-25-20(29)6-3-7-22(25)35-27;4*2-1-3/h1-7,11,16-17,24-25H,8-10,12-15H2;3-8,17-19,22H,9-14H2,1-2H3;1-7,13,15-16,22-23H,8-12,14H2;2-7,15-17,21H,8-13H2,1H3;;;;. The van der Waals surface area contributed by atoms with Crippen LogP contribution in [0.1, 0.15) is 183 Å². The zero-order valence-electron chi connectivity index (χ0n) is 82.0. The van der Waals surface area contributed by atoms with Crippen LogP contribution in [0.15, 0.2) is 195 Å². The summed E-state index contributed by atoms with van der Waals surface area (Å²) in [6, 6.07) is 53.4. The number of furan rings is 1. The number of aryl methyl sites for hydroxylation is 3. The number of benzene rings is 8. The van der Waals surface area contributed by atoms with Crippen molar-refractivity contribution >= 4 is 207 Å². The van der Waals surface area contributed by atoms with E-state index in [9.17, 15) is 4.39 Å². The number of thiazole rings is 4. The number of piperidine rings is 4. The van der Waals surface area contributed by atoms with E-state index in [4.69, 9.17) is 155 Å². The molecule has 15 aromatic rings. The van der Waals surface area contributed by atoms with Gasteiger partial charge in [0.25, 0.3) is 0 Å². The Bertz CT molecular complexity index is 7340. The van der Waals surface area contributed by atoms with Gasteiger partial charge >= 0.3 is 24.6 Å². The summed E-state index contributed by atoms with van der Waals surface area (Å²) in [6.07, 6.45) is 25.3. The first-order valence-electron chi connectivity index (χ1n) is 50.6. The smallest absolute Gasteiger partial charge is 0.373 e. The summed E-state index contributed by atoms with van der Waals surface area (Å²) in [5.41, 5.74) is 20.9. The van der Waals surface area contributed by atoms with E-state index in [0.29, 0.717) is 124 Å². The van der Waals surface area contributed by atoms with Crippen molar-refractivity contribution in [3.63, 3.8) is 0 Å². The Balaban J connectivity index is 0.000000113. The number of nitrogens with zero attached hydrogens (tertiary/aromatic N) is 10. The fraction of sp³-hybridized carbons (Fsp3) is 0.386. The van der Waals surface area contributed by atoms with Crippen molar-refractivity contribution in [1.29, 1.82) is 0 Å². The van der Waals surface area contributed by atoms with Crippen molar-refractivity contribution in [3.05, 3.63) is 273 Å². The van der Waals surface area contributed by atoms with Gasteiger partial charge in [-0.15, -0.1) is 0 Å². The molecular weight excluding hydrogens is 2110 g/mol. The monoisotopic (exact) mass is 2210 g/mol. The number of hydrogen-bond acceptors (Lipinski definition) is 29. The van der Waals surface area contributed by atoms with Gasteiger partial charge in [-0.2, -0.15) is 38.4 Å². The number of aromatic nitrogens is 6. The van der Waals surface area contributed by atoms with E-state index < -0.39 is 0 Å². The van der Waals surface area contributed by atoms with E-state index in [1.54, 1.807) is 40.1 Å². The average molecular weight is 2210 g/mol. The summed E-state index contributed by atoms with van der Waals surface area (Å²) in [6.45, 7) is 12.5. The number of para-hydroxylation sites is 4. The zero-order valence-corrected chi connectivity index (χ0v) is 89.8. The van der Waals surface area contributed by atoms with Crippen LogP contribution in [-0.4, -0.2) is 136 Å². The Labute approximate surface area is 909 Å². The van der Waals surface area contributed by atoms with Gasteiger partial charge in [0.2, 0.25) is 0 Å². The predicted octanol–water partition coefficient (Wildman–Crippen LogP) is 27.8. The minimum absolute atomic E-state index is 0.183. The van der Waals surface area contributed by atoms with Crippen molar-refractivity contribution < 1.29 is 75.2 Å². The number of carbonyl (C=O) groups excluding carboxylic acids is 8. The maximum Gasteiger partial charge on any atom is 0.373 e. The second-order valence-electron chi connectivity index (χ2n) is 40.6. The summed E-state index contributed by atoms with van der Waals surface area (Å²) in [5, 5.41) is 17.4. The van der Waals surface area contributed by atoms with Crippen LogP contribution in [-0.2, 0) is 77.1 Å². The second-order valence-corrected chi connectivity index (χ2v) is 47.0. The fourth-order valence-corrected chi connectivity index (χ4v) is 29.8. The predicted molar refractivity (Wildman–Crippen MR) is 576 cm³/mol. The Morgan fingerprint density at radius 2 is 0.767 bits per heavy atom. The minimum atomic E-state index is -0.250. The van der Waals surface area contributed by atoms with Crippen LogP contribution in [0, 0.1) is 56.2 Å². The normalized spacial score (nSPS) is 22.6. The minimum Gasteiger partial charge on any atom is -0.468 e. The molecule has 0 N–H and O–H groups in total. The highest BCUT2D eigenvalue weighted by Crippen LogP contribution is 2.56. The van der Waals surface area contributed by atoms with Gasteiger partial charge in [-0.05, 0) is 254 Å². The number of hydrogen-bond donors (Lipinski definition) is 0. The summed E-state index contributed by atoms with van der Waals surface area (Å²) in [5.74, 6) is 7.15. The lowest BCUT2D eigenvalue weighted by atomic mass is 9.97. The number of fused-ring (bicyclic) bond motifs is 12. The molecule has 12 atom stereocenters. The van der Waals surface area contributed by atoms with Gasteiger partial charge in [0.15, 0.2) is 20.5 Å². The molecule has 0 radical (unpaired) electrons. The van der Waals surface area contributed by atoms with Crippen molar-refractivity contribution in [2.75, 3.05) is 52.4 Å². The van der Waals surface area contributed by atoms with Gasteiger partial charge in [0.05, 0.1) is 125 Å². The number of allylic oxidation sites excluding steroid dienone is 2. The molecule has 36 heteroatoms. The molecule has 11 heterocycles. The lowest BCUT2D eigenvalue weighted by Crippen LogP contribution is -2.42. The van der Waals surface area contributed by atoms with E-state index in [1.165, 1.54) is 74.6 Å². The van der Waals surface area contributed by atoms with E-state index in [2.05, 4.69) is 141 Å². The van der Waals surface area contributed by atoms with Gasteiger partial charge in [-0.1, -0.05) is 216 Å². The topological polar surface area (TPSA) is 303 Å². The van der Waals surface area contributed by atoms with E-state index >= 15 is 0 Å². The Hall–Kier alpha value is -11.3. The maximum atomic E-state index is 14.2. The van der Waals surface area contributed by atoms with Gasteiger partial charge in [-0.3, -0.25) is 0 Å². The van der Waals surface area contributed by atoms with Gasteiger partial charge in [0, 0.05) is 122 Å². The Morgan fingerprint density at radius 3 is 1.21 bits per heavy atom. The molecule has 28 rings (SSSR count). The molecule has 150 heavy (non-hydrogen) atoms. The van der Waals surface area contributed by atoms with Crippen molar-refractivity contribution in [3.8, 4) is 33.6 Å². The molecule has 12 fully saturated rings. The third-order valence-electron chi connectivity index (χ3n) is 31.2. The van der Waals surface area contributed by atoms with Crippen LogP contribution < -0.4 is 19.6 Å². The molecule has 4 saturated heterocycles. The quantitative estimate of drug-likeness (QED) is 0.0542. The van der Waals surface area contributed by atoms with Crippen molar-refractivity contribution in [1.82, 2.24) is 30.2 Å². The van der Waals surface area contributed by atoms with E-state index in [1.807, 2.05) is 84.3 Å². The van der Waals surface area contributed by atoms with Crippen LogP contribution >= 0.6 is 115 Å². The molecule has 8 bridgehead atoms. The van der Waals surface area contributed by atoms with Gasteiger partial charge in [-0.25, -0.2) is 24.3 Å². The van der Waals surface area contributed by atoms with Crippen molar-refractivity contribution in [2.45, 2.75) is 216 Å². The molecule has 7 aromatic heterocycles. The molecule has 4 aliphatic heterocycles. The Kier molecular flexibility index (Phi) is 32.0. The number of ether oxygens (including phenoxy) is 4. The third-order valence-corrected chi connectivity index (χ3v) is 37.3. The van der Waals surface area contributed by atoms with E-state index in [0.717, 1.165) is 239 Å². The largest absolute Gasteiger partial charge is 0.468 e. The van der Waals surface area contributed by atoms with Crippen LogP contribution in [0.3, 0.4) is 0 Å². The SMILES string of the molecule is Cc1cccc(Cl)c1-c1noc(C2CC2)c1COC1CC2CC1CN2c1nc2c(C)cccc2s1.Cc1cccc(Cl)c1-c1noc(C2CC2)c1COC1CC2CC1CN2c1nc2c(F)cccc2s1.Clc1cccc(Cl)c1-c1coc(C2CC2)c1COC1CC2CC1N(c1nc3ccccc3s1)C2.Clc1cccc(Cl)c1C1=CCC(C2CC2)=C1COC1CC2CC1N(c1nc3ccccc3s1)C2.O=C=O.O=C=O.O=C=O.O=C=O. The summed E-state index contributed by atoms with van der Waals surface area (Å²) >= 11 is 46.5. The van der Waals surface area contributed by atoms with Crippen LogP contribution in [0.25, 0.3) is 80.1 Å². The molecular formula is C114H103Cl6FN10O15S4. The van der Waals surface area contributed by atoms with Gasteiger partial charge in [0.1, 0.15) is 40.0 Å². The molecule has 8 aromatic carbocycles. The van der Waals surface area contributed by atoms with Crippen LogP contribution in [0.5, 0.6) is 0 Å². The molecule has 25 nitrogen and oxygen atoms in total. The van der Waals surface area contributed by atoms with Gasteiger partial charge < -0.3 is 52.0 Å². The molecule has 9 aliphatic carbocycles. The Morgan fingerprint density at radius 1 is 0.380 bits per heavy atom. The first-order chi connectivity index (χ1) is 73.1. The highest BCUT2D eigenvalue weighted by molar-refractivity contribution is 7.23. The molecule has 772 valence electrons. The van der Waals surface area contributed by atoms with Crippen LogP contribution in [0.4, 0.5) is 24.9 Å². The summed E-state index contributed by atoms with van der Waals surface area (Å²) in [4.78, 5) is 94.3. The molecule has 8 saturated carbocycles. The third kappa shape index (κ3) is 22.0. The zero-order chi connectivity index (χ0) is 104. The maximum absolute atomic E-state index is 14.2. The fourth-order valence-electron chi connectivity index (χ4n) is 23.7. The summed E-state index contributed by atoms with van der Waals surface area (Å²) in [7, 11) is 0. The molecule has 0 amide bonds. The summed E-state index contributed by atoms with van der Waals surface area (Å²) < 4.78 is 63.2. The number of rotatable bonds is 24. The first-order valence-corrected chi connectivity index (χ1v) is 56.2. The van der Waals surface area contributed by atoms with Crippen LogP contribution in [0.2, 0.25) is 30.1 Å². The van der Waals surface area contributed by atoms with Crippen molar-refractivity contribution in [2.24, 2.45) is 29.6 Å². The molecule has 13 aliphatic rings.